The second-order valence-electron chi connectivity index (χ2n) is 3.70. The van der Waals surface area contributed by atoms with Crippen molar-refractivity contribution in [1.82, 2.24) is 0 Å². The molecule has 1 radical (unpaired) electrons. The SMILES string of the molecule is COc1ccc(COc2ccc[c]c2OC)cc1. The van der Waals surface area contributed by atoms with Crippen LogP contribution in [-0.2, 0) is 6.61 Å². The van der Waals surface area contributed by atoms with Crippen LogP contribution >= 0.6 is 0 Å². The number of benzene rings is 2. The lowest BCUT2D eigenvalue weighted by Gasteiger charge is -2.10. The van der Waals surface area contributed by atoms with Crippen LogP contribution in [0.4, 0.5) is 0 Å². The molecule has 0 saturated heterocycles. The summed E-state index contributed by atoms with van der Waals surface area (Å²) in [4.78, 5) is 0. The lowest BCUT2D eigenvalue weighted by molar-refractivity contribution is 0.284. The molecule has 0 aliphatic carbocycles. The van der Waals surface area contributed by atoms with Gasteiger partial charge in [0.2, 0.25) is 0 Å². The van der Waals surface area contributed by atoms with Crippen LogP contribution in [-0.4, -0.2) is 14.2 Å². The van der Waals surface area contributed by atoms with Crippen molar-refractivity contribution in [1.29, 1.82) is 0 Å². The van der Waals surface area contributed by atoms with Crippen molar-refractivity contribution in [3.63, 3.8) is 0 Å². The van der Waals surface area contributed by atoms with Crippen LogP contribution in [0.15, 0.2) is 42.5 Å². The number of hydrogen-bond donors (Lipinski definition) is 0. The Balaban J connectivity index is 2.02. The number of rotatable bonds is 5. The van der Waals surface area contributed by atoms with Gasteiger partial charge in [-0.25, -0.2) is 0 Å². The molecule has 0 saturated carbocycles. The minimum absolute atomic E-state index is 0.484. The summed E-state index contributed by atoms with van der Waals surface area (Å²) < 4.78 is 16.0. The highest BCUT2D eigenvalue weighted by Crippen LogP contribution is 2.26. The molecule has 0 spiro atoms. The molecule has 0 aliphatic heterocycles. The van der Waals surface area contributed by atoms with Crippen molar-refractivity contribution in [3.8, 4) is 17.2 Å². The van der Waals surface area contributed by atoms with Gasteiger partial charge in [-0.05, 0) is 23.8 Å². The molecular formula is C15H15O3. The number of para-hydroxylation sites is 1. The Morgan fingerprint density at radius 2 is 1.78 bits per heavy atom. The van der Waals surface area contributed by atoms with Gasteiger partial charge in [0, 0.05) is 6.07 Å². The predicted octanol–water partition coefficient (Wildman–Crippen LogP) is 3.08. The zero-order valence-corrected chi connectivity index (χ0v) is 10.5. The Bertz CT molecular complexity index is 491. The van der Waals surface area contributed by atoms with Crippen LogP contribution in [0.3, 0.4) is 0 Å². The third kappa shape index (κ3) is 2.94. The molecule has 0 atom stereocenters. The molecule has 3 heteroatoms. The zero-order chi connectivity index (χ0) is 12.8. The van der Waals surface area contributed by atoms with Crippen molar-refractivity contribution < 1.29 is 14.2 Å². The van der Waals surface area contributed by atoms with E-state index in [2.05, 4.69) is 6.07 Å². The molecule has 3 nitrogen and oxygen atoms in total. The second kappa shape index (κ2) is 5.96. The third-order valence-corrected chi connectivity index (χ3v) is 2.54. The average Bonchev–Trinajstić information content (AvgIpc) is 2.46. The molecule has 0 bridgehead atoms. The Morgan fingerprint density at radius 1 is 1.00 bits per heavy atom. The summed E-state index contributed by atoms with van der Waals surface area (Å²) in [6.07, 6.45) is 0. The molecule has 0 fully saturated rings. The number of hydrogen-bond acceptors (Lipinski definition) is 3. The van der Waals surface area contributed by atoms with Gasteiger partial charge in [0.15, 0.2) is 11.5 Å². The summed E-state index contributed by atoms with van der Waals surface area (Å²) >= 11 is 0. The maximum Gasteiger partial charge on any atom is 0.168 e. The molecule has 0 aromatic heterocycles. The summed E-state index contributed by atoms with van der Waals surface area (Å²) in [6.45, 7) is 0.484. The van der Waals surface area contributed by atoms with E-state index in [0.717, 1.165) is 11.3 Å². The Morgan fingerprint density at radius 3 is 2.44 bits per heavy atom. The van der Waals surface area contributed by atoms with Crippen LogP contribution in [0.5, 0.6) is 17.2 Å². The molecule has 0 amide bonds. The third-order valence-electron chi connectivity index (χ3n) is 2.54. The quantitative estimate of drug-likeness (QED) is 0.807. The molecule has 0 unspecified atom stereocenters. The second-order valence-corrected chi connectivity index (χ2v) is 3.70. The normalized spacial score (nSPS) is 9.89. The molecule has 2 rings (SSSR count). The fourth-order valence-electron chi connectivity index (χ4n) is 1.56. The van der Waals surface area contributed by atoms with Crippen molar-refractivity contribution in [2.45, 2.75) is 6.61 Å². The van der Waals surface area contributed by atoms with E-state index < -0.39 is 0 Å². The maximum atomic E-state index is 5.69. The zero-order valence-electron chi connectivity index (χ0n) is 10.5. The van der Waals surface area contributed by atoms with Crippen LogP contribution in [0, 0.1) is 6.07 Å². The van der Waals surface area contributed by atoms with E-state index in [-0.39, 0.29) is 0 Å². The number of methoxy groups -OCH3 is 2. The molecule has 18 heavy (non-hydrogen) atoms. The molecule has 93 valence electrons. The van der Waals surface area contributed by atoms with E-state index in [1.807, 2.05) is 36.4 Å². The first-order valence-electron chi connectivity index (χ1n) is 5.64. The summed E-state index contributed by atoms with van der Waals surface area (Å²) in [5, 5.41) is 0. The molecule has 2 aromatic carbocycles. The fraction of sp³-hybridized carbons (Fsp3) is 0.200. The Labute approximate surface area is 107 Å². The van der Waals surface area contributed by atoms with Gasteiger partial charge in [0.1, 0.15) is 12.4 Å². The summed E-state index contributed by atoms with van der Waals surface area (Å²) in [5.74, 6) is 2.14. The lowest BCUT2D eigenvalue weighted by Crippen LogP contribution is -1.97. The Kier molecular flexibility index (Phi) is 4.07. The first-order chi connectivity index (χ1) is 8.83. The first-order valence-corrected chi connectivity index (χ1v) is 5.64. The minimum Gasteiger partial charge on any atom is -0.497 e. The van der Waals surface area contributed by atoms with Crippen LogP contribution in [0.1, 0.15) is 5.56 Å². The van der Waals surface area contributed by atoms with E-state index in [1.165, 1.54) is 0 Å². The van der Waals surface area contributed by atoms with Gasteiger partial charge >= 0.3 is 0 Å². The standard InChI is InChI=1S/C15H15O3/c1-16-13-9-7-12(8-10-13)11-18-15-6-4-3-5-14(15)17-2/h3-4,6-10H,11H2,1-2H3. The fourth-order valence-corrected chi connectivity index (χ4v) is 1.56. The van der Waals surface area contributed by atoms with Gasteiger partial charge < -0.3 is 14.2 Å². The monoisotopic (exact) mass is 243 g/mol. The molecular weight excluding hydrogens is 228 g/mol. The highest BCUT2D eigenvalue weighted by atomic mass is 16.5. The van der Waals surface area contributed by atoms with Crippen LogP contribution in [0.2, 0.25) is 0 Å². The van der Waals surface area contributed by atoms with Crippen molar-refractivity contribution in [3.05, 3.63) is 54.1 Å². The maximum absolute atomic E-state index is 5.69. The van der Waals surface area contributed by atoms with Crippen molar-refractivity contribution >= 4 is 0 Å². The topological polar surface area (TPSA) is 27.7 Å². The van der Waals surface area contributed by atoms with E-state index in [1.54, 1.807) is 20.3 Å². The molecule has 0 aliphatic rings. The van der Waals surface area contributed by atoms with Crippen molar-refractivity contribution in [2.24, 2.45) is 0 Å². The average molecular weight is 243 g/mol. The van der Waals surface area contributed by atoms with Gasteiger partial charge in [0.25, 0.3) is 0 Å². The number of ether oxygens (including phenoxy) is 3. The smallest absolute Gasteiger partial charge is 0.168 e. The van der Waals surface area contributed by atoms with Gasteiger partial charge in [0.05, 0.1) is 14.2 Å². The molecule has 0 N–H and O–H groups in total. The van der Waals surface area contributed by atoms with Crippen molar-refractivity contribution in [2.75, 3.05) is 14.2 Å². The van der Waals surface area contributed by atoms with Crippen LogP contribution < -0.4 is 14.2 Å². The van der Waals surface area contributed by atoms with Gasteiger partial charge in [-0.3, -0.25) is 0 Å². The molecule has 2 aromatic rings. The highest BCUT2D eigenvalue weighted by Gasteiger charge is 2.03. The summed E-state index contributed by atoms with van der Waals surface area (Å²) in [6, 6.07) is 16.3. The predicted molar refractivity (Wildman–Crippen MR) is 69.2 cm³/mol. The van der Waals surface area contributed by atoms with E-state index in [9.17, 15) is 0 Å². The van der Waals surface area contributed by atoms with Gasteiger partial charge in [-0.2, -0.15) is 0 Å². The Hall–Kier alpha value is -2.16. The van der Waals surface area contributed by atoms with E-state index >= 15 is 0 Å². The summed E-state index contributed by atoms with van der Waals surface area (Å²) in [5.41, 5.74) is 1.07. The highest BCUT2D eigenvalue weighted by molar-refractivity contribution is 5.38. The molecule has 0 heterocycles. The van der Waals surface area contributed by atoms with Crippen LogP contribution in [0.25, 0.3) is 0 Å². The van der Waals surface area contributed by atoms with Gasteiger partial charge in [-0.1, -0.05) is 24.3 Å². The lowest BCUT2D eigenvalue weighted by atomic mass is 10.2. The largest absolute Gasteiger partial charge is 0.497 e. The van der Waals surface area contributed by atoms with E-state index in [0.29, 0.717) is 18.1 Å². The minimum atomic E-state index is 0.484. The first kappa shape index (κ1) is 12.3. The summed E-state index contributed by atoms with van der Waals surface area (Å²) in [7, 11) is 3.25. The van der Waals surface area contributed by atoms with Gasteiger partial charge in [-0.15, -0.1) is 0 Å². The van der Waals surface area contributed by atoms with E-state index in [4.69, 9.17) is 14.2 Å².